The molecule has 2 N–H and O–H groups in total. The lowest BCUT2D eigenvalue weighted by molar-refractivity contribution is 0.0955. The van der Waals surface area contributed by atoms with Crippen molar-refractivity contribution >= 4 is 5.91 Å². The predicted octanol–water partition coefficient (Wildman–Crippen LogP) is 1.62. The molecule has 74 valence electrons. The molecule has 1 rings (SSSR count). The van der Waals surface area contributed by atoms with E-state index < -0.39 is 0 Å². The molecule has 0 unspecified atom stereocenters. The molecule has 1 aromatic rings. The first kappa shape index (κ1) is 10.3. The van der Waals surface area contributed by atoms with E-state index in [1.807, 2.05) is 6.92 Å². The van der Waals surface area contributed by atoms with E-state index in [1.165, 1.54) is 6.07 Å². The quantitative estimate of drug-likeness (QED) is 0.713. The van der Waals surface area contributed by atoms with Crippen LogP contribution < -0.4 is 5.32 Å². The van der Waals surface area contributed by atoms with Crippen molar-refractivity contribution in [1.29, 1.82) is 0 Å². The van der Waals surface area contributed by atoms with Crippen molar-refractivity contribution in [2.75, 3.05) is 6.54 Å². The van der Waals surface area contributed by atoms with Gasteiger partial charge in [-0.1, -0.05) is 17.7 Å². The van der Waals surface area contributed by atoms with Gasteiger partial charge < -0.3 is 10.4 Å². The summed E-state index contributed by atoms with van der Waals surface area (Å²) < 4.78 is 0. The van der Waals surface area contributed by atoms with E-state index in [0.717, 1.165) is 5.56 Å². The first-order valence-corrected chi connectivity index (χ1v) is 4.34. The van der Waals surface area contributed by atoms with Crippen LogP contribution in [0.25, 0.3) is 0 Å². The smallest absolute Gasteiger partial charge is 0.255 e. The molecule has 14 heavy (non-hydrogen) atoms. The van der Waals surface area contributed by atoms with Crippen molar-refractivity contribution in [2.45, 2.75) is 6.92 Å². The molecule has 0 atom stereocenters. The molecule has 0 saturated heterocycles. The summed E-state index contributed by atoms with van der Waals surface area (Å²) in [5, 5.41) is 12.0. The van der Waals surface area contributed by atoms with Gasteiger partial charge in [-0.3, -0.25) is 4.79 Å². The molecule has 0 aliphatic heterocycles. The third-order valence-corrected chi connectivity index (χ3v) is 1.80. The molecule has 3 heteroatoms. The summed E-state index contributed by atoms with van der Waals surface area (Å²) in [7, 11) is 0. The number of benzene rings is 1. The Bertz CT molecular complexity index is 358. The molecular weight excluding hydrogens is 178 g/mol. The minimum absolute atomic E-state index is 0.00263. The number of phenols is 1. The van der Waals surface area contributed by atoms with Crippen LogP contribution in [0.15, 0.2) is 30.9 Å². The van der Waals surface area contributed by atoms with Crippen LogP contribution >= 0.6 is 0 Å². The Morgan fingerprint density at radius 3 is 3.00 bits per heavy atom. The van der Waals surface area contributed by atoms with E-state index in [9.17, 15) is 9.90 Å². The van der Waals surface area contributed by atoms with Crippen molar-refractivity contribution < 1.29 is 9.90 Å². The van der Waals surface area contributed by atoms with Gasteiger partial charge in [0, 0.05) is 6.54 Å². The molecule has 0 aliphatic carbocycles. The average molecular weight is 191 g/mol. The Balaban J connectivity index is 2.88. The SMILES string of the molecule is C=CCNC(=O)c1cc(C)ccc1O. The number of carbonyl (C=O) groups is 1. The van der Waals surface area contributed by atoms with Gasteiger partial charge in [0.1, 0.15) is 5.75 Å². The monoisotopic (exact) mass is 191 g/mol. The molecule has 0 aromatic heterocycles. The molecule has 0 fully saturated rings. The highest BCUT2D eigenvalue weighted by atomic mass is 16.3. The highest BCUT2D eigenvalue weighted by molar-refractivity contribution is 5.97. The first-order valence-electron chi connectivity index (χ1n) is 4.34. The lowest BCUT2D eigenvalue weighted by Crippen LogP contribution is -2.23. The number of hydrogen-bond donors (Lipinski definition) is 2. The van der Waals surface area contributed by atoms with Gasteiger partial charge in [-0.25, -0.2) is 0 Å². The predicted molar refractivity (Wildman–Crippen MR) is 55.4 cm³/mol. The van der Waals surface area contributed by atoms with Crippen LogP contribution in [0, 0.1) is 6.92 Å². The fourth-order valence-electron chi connectivity index (χ4n) is 1.09. The number of aryl methyl sites for hydroxylation is 1. The summed E-state index contributed by atoms with van der Waals surface area (Å²) in [6, 6.07) is 4.91. The van der Waals surface area contributed by atoms with Gasteiger partial charge in [-0.05, 0) is 19.1 Å². The van der Waals surface area contributed by atoms with Crippen LogP contribution in [0.5, 0.6) is 5.75 Å². The summed E-state index contributed by atoms with van der Waals surface area (Å²) >= 11 is 0. The first-order chi connectivity index (χ1) is 6.65. The Morgan fingerprint density at radius 2 is 2.36 bits per heavy atom. The van der Waals surface area contributed by atoms with Crippen molar-refractivity contribution in [2.24, 2.45) is 0 Å². The topological polar surface area (TPSA) is 49.3 Å². The number of phenolic OH excluding ortho intramolecular Hbond substituents is 1. The maximum absolute atomic E-state index is 11.5. The van der Waals surface area contributed by atoms with Gasteiger partial charge in [-0.15, -0.1) is 6.58 Å². The Hall–Kier alpha value is -1.77. The standard InChI is InChI=1S/C11H13NO2/c1-3-6-12-11(14)9-7-8(2)4-5-10(9)13/h3-5,7,13H,1,6H2,2H3,(H,12,14). The van der Waals surface area contributed by atoms with Crippen LogP contribution in [0.2, 0.25) is 0 Å². The summed E-state index contributed by atoms with van der Waals surface area (Å²) in [6.07, 6.45) is 1.59. The van der Waals surface area contributed by atoms with E-state index in [2.05, 4.69) is 11.9 Å². The zero-order valence-corrected chi connectivity index (χ0v) is 8.08. The minimum atomic E-state index is -0.286. The second-order valence-electron chi connectivity index (χ2n) is 3.02. The highest BCUT2D eigenvalue weighted by Crippen LogP contribution is 2.17. The number of aromatic hydroxyl groups is 1. The van der Waals surface area contributed by atoms with Crippen LogP contribution in [0.4, 0.5) is 0 Å². The van der Waals surface area contributed by atoms with Crippen LogP contribution in [-0.4, -0.2) is 17.6 Å². The maximum Gasteiger partial charge on any atom is 0.255 e. The summed E-state index contributed by atoms with van der Waals surface area (Å²) in [5.74, 6) is -0.289. The maximum atomic E-state index is 11.5. The molecule has 0 spiro atoms. The van der Waals surface area contributed by atoms with Crippen LogP contribution in [-0.2, 0) is 0 Å². The average Bonchev–Trinajstić information content (AvgIpc) is 2.18. The van der Waals surface area contributed by atoms with E-state index in [4.69, 9.17) is 0 Å². The van der Waals surface area contributed by atoms with Crippen LogP contribution in [0.1, 0.15) is 15.9 Å². The number of nitrogens with one attached hydrogen (secondary N) is 1. The molecule has 0 heterocycles. The largest absolute Gasteiger partial charge is 0.507 e. The molecule has 1 aromatic carbocycles. The number of rotatable bonds is 3. The zero-order valence-electron chi connectivity index (χ0n) is 8.08. The summed E-state index contributed by atoms with van der Waals surface area (Å²) in [5.41, 5.74) is 1.23. The normalized spacial score (nSPS) is 9.50. The van der Waals surface area contributed by atoms with Gasteiger partial charge >= 0.3 is 0 Å². The molecule has 0 saturated carbocycles. The van der Waals surface area contributed by atoms with Crippen molar-refractivity contribution in [1.82, 2.24) is 5.32 Å². The van der Waals surface area contributed by atoms with Gasteiger partial charge in [-0.2, -0.15) is 0 Å². The second kappa shape index (κ2) is 4.46. The van der Waals surface area contributed by atoms with E-state index in [-0.39, 0.29) is 11.7 Å². The number of amides is 1. The van der Waals surface area contributed by atoms with Crippen molar-refractivity contribution in [3.8, 4) is 5.75 Å². The Morgan fingerprint density at radius 1 is 1.64 bits per heavy atom. The zero-order chi connectivity index (χ0) is 10.6. The third kappa shape index (κ3) is 2.36. The van der Waals surface area contributed by atoms with Gasteiger partial charge in [0.25, 0.3) is 5.91 Å². The lowest BCUT2D eigenvalue weighted by atomic mass is 10.1. The molecule has 0 aliphatic rings. The van der Waals surface area contributed by atoms with Gasteiger partial charge in [0.2, 0.25) is 0 Å². The fourth-order valence-corrected chi connectivity index (χ4v) is 1.09. The second-order valence-corrected chi connectivity index (χ2v) is 3.02. The molecule has 0 bridgehead atoms. The number of carbonyl (C=O) groups excluding carboxylic acids is 1. The molecule has 1 amide bonds. The molecular formula is C11H13NO2. The highest BCUT2D eigenvalue weighted by Gasteiger charge is 2.09. The van der Waals surface area contributed by atoms with E-state index >= 15 is 0 Å². The van der Waals surface area contributed by atoms with Crippen molar-refractivity contribution in [3.63, 3.8) is 0 Å². The third-order valence-electron chi connectivity index (χ3n) is 1.80. The fraction of sp³-hybridized carbons (Fsp3) is 0.182. The lowest BCUT2D eigenvalue weighted by Gasteiger charge is -2.05. The van der Waals surface area contributed by atoms with Crippen LogP contribution in [0.3, 0.4) is 0 Å². The Labute approximate surface area is 83.1 Å². The minimum Gasteiger partial charge on any atom is -0.507 e. The van der Waals surface area contributed by atoms with Gasteiger partial charge in [0.05, 0.1) is 5.56 Å². The number of hydrogen-bond acceptors (Lipinski definition) is 2. The van der Waals surface area contributed by atoms with Crippen molar-refractivity contribution in [3.05, 3.63) is 42.0 Å². The summed E-state index contributed by atoms with van der Waals surface area (Å²) in [4.78, 5) is 11.5. The van der Waals surface area contributed by atoms with Gasteiger partial charge in [0.15, 0.2) is 0 Å². The Kier molecular flexibility index (Phi) is 3.29. The van der Waals surface area contributed by atoms with E-state index in [0.29, 0.717) is 12.1 Å². The molecule has 0 radical (unpaired) electrons. The molecule has 3 nitrogen and oxygen atoms in total. The van der Waals surface area contributed by atoms with E-state index in [1.54, 1.807) is 18.2 Å². The summed E-state index contributed by atoms with van der Waals surface area (Å²) in [6.45, 7) is 5.75.